The Kier molecular flexibility index (Phi) is 13.2. The van der Waals surface area contributed by atoms with E-state index in [-0.39, 0.29) is 37.7 Å². The number of sulfonamides is 1. The van der Waals surface area contributed by atoms with Crippen LogP contribution in [0.3, 0.4) is 0 Å². The predicted octanol–water partition coefficient (Wildman–Crippen LogP) is 6.10. The standard InChI is InChI=1S/C32H39Cl2N3O5S/c1-4-19-35-32(39)29(22-24-12-7-6-8-13-24)36(23-25-17-18-26(33)27(34)21-25)31(38)16-11-20-37(43(3,40)41)28-14-9-10-15-30(28)42-5-2/h6-10,12-15,17-18,21,29H,4-5,11,16,19-20,22-23H2,1-3H3,(H,35,39)/t29-/m1/s1. The summed E-state index contributed by atoms with van der Waals surface area (Å²) in [6.07, 6.45) is 2.41. The molecule has 3 aromatic carbocycles. The van der Waals surface area contributed by atoms with Gasteiger partial charge in [0.1, 0.15) is 11.8 Å². The van der Waals surface area contributed by atoms with Crippen LogP contribution in [0.1, 0.15) is 44.2 Å². The minimum atomic E-state index is -3.68. The third kappa shape index (κ3) is 10.2. The van der Waals surface area contributed by atoms with E-state index in [4.69, 9.17) is 27.9 Å². The maximum Gasteiger partial charge on any atom is 0.243 e. The average Bonchev–Trinajstić information content (AvgIpc) is 2.98. The van der Waals surface area contributed by atoms with Crippen molar-refractivity contribution in [3.63, 3.8) is 0 Å². The number of carbonyl (C=O) groups is 2. The molecule has 0 fully saturated rings. The number of anilines is 1. The Balaban J connectivity index is 1.91. The first kappa shape index (κ1) is 34.2. The van der Waals surface area contributed by atoms with E-state index in [2.05, 4.69) is 5.32 Å². The number of hydrogen-bond donors (Lipinski definition) is 1. The molecule has 3 aromatic rings. The molecule has 1 atom stereocenters. The molecule has 0 aliphatic rings. The second kappa shape index (κ2) is 16.5. The van der Waals surface area contributed by atoms with Gasteiger partial charge in [0, 0.05) is 32.5 Å². The van der Waals surface area contributed by atoms with E-state index in [0.717, 1.165) is 18.2 Å². The lowest BCUT2D eigenvalue weighted by Crippen LogP contribution is -2.50. The van der Waals surface area contributed by atoms with Gasteiger partial charge in [0.2, 0.25) is 21.8 Å². The summed E-state index contributed by atoms with van der Waals surface area (Å²) in [7, 11) is -3.68. The quantitative estimate of drug-likeness (QED) is 0.203. The largest absolute Gasteiger partial charge is 0.492 e. The molecule has 0 aliphatic heterocycles. The molecule has 0 aromatic heterocycles. The normalized spacial score (nSPS) is 11.9. The first-order chi connectivity index (χ1) is 20.5. The Morgan fingerprint density at radius 1 is 0.930 bits per heavy atom. The van der Waals surface area contributed by atoms with Gasteiger partial charge in [-0.3, -0.25) is 13.9 Å². The Morgan fingerprint density at radius 2 is 1.63 bits per heavy atom. The molecule has 0 unspecified atom stereocenters. The van der Waals surface area contributed by atoms with Gasteiger partial charge in [-0.1, -0.05) is 78.7 Å². The van der Waals surface area contributed by atoms with Crippen LogP contribution in [0.25, 0.3) is 0 Å². The molecule has 232 valence electrons. The van der Waals surface area contributed by atoms with Gasteiger partial charge >= 0.3 is 0 Å². The summed E-state index contributed by atoms with van der Waals surface area (Å²) in [6, 6.07) is 20.7. The van der Waals surface area contributed by atoms with Crippen molar-refractivity contribution < 1.29 is 22.7 Å². The average molecular weight is 649 g/mol. The van der Waals surface area contributed by atoms with Crippen LogP contribution in [0, 0.1) is 0 Å². The molecule has 0 saturated heterocycles. The maximum absolute atomic E-state index is 13.9. The van der Waals surface area contributed by atoms with E-state index >= 15 is 0 Å². The van der Waals surface area contributed by atoms with Crippen molar-refractivity contribution in [1.82, 2.24) is 10.2 Å². The summed E-state index contributed by atoms with van der Waals surface area (Å²) in [4.78, 5) is 29.0. The summed E-state index contributed by atoms with van der Waals surface area (Å²) < 4.78 is 32.5. The molecule has 1 N–H and O–H groups in total. The summed E-state index contributed by atoms with van der Waals surface area (Å²) in [5.41, 5.74) is 2.03. The smallest absolute Gasteiger partial charge is 0.243 e. The Hall–Kier alpha value is -3.27. The summed E-state index contributed by atoms with van der Waals surface area (Å²) in [5, 5.41) is 3.68. The minimum absolute atomic E-state index is 0.0104. The number of nitrogens with zero attached hydrogens (tertiary/aromatic N) is 2. The van der Waals surface area contributed by atoms with Gasteiger partial charge in [-0.25, -0.2) is 8.42 Å². The zero-order valence-corrected chi connectivity index (χ0v) is 27.1. The van der Waals surface area contributed by atoms with Crippen molar-refractivity contribution in [2.45, 2.75) is 52.1 Å². The molecule has 0 aliphatic carbocycles. The molecule has 0 radical (unpaired) electrons. The molecule has 0 heterocycles. The molecule has 0 bridgehead atoms. The lowest BCUT2D eigenvalue weighted by Gasteiger charge is -2.32. The maximum atomic E-state index is 13.9. The summed E-state index contributed by atoms with van der Waals surface area (Å²) in [6.45, 7) is 4.81. The number of para-hydroxylation sites is 2. The van der Waals surface area contributed by atoms with Crippen molar-refractivity contribution in [2.24, 2.45) is 0 Å². The van der Waals surface area contributed by atoms with Crippen molar-refractivity contribution in [2.75, 3.05) is 30.3 Å². The summed E-state index contributed by atoms with van der Waals surface area (Å²) >= 11 is 12.4. The highest BCUT2D eigenvalue weighted by molar-refractivity contribution is 7.92. The van der Waals surface area contributed by atoms with Crippen LogP contribution in [-0.4, -0.2) is 57.1 Å². The zero-order chi connectivity index (χ0) is 31.4. The third-order valence-electron chi connectivity index (χ3n) is 6.74. The highest BCUT2D eigenvalue weighted by Gasteiger charge is 2.30. The van der Waals surface area contributed by atoms with Gasteiger partial charge < -0.3 is 15.0 Å². The van der Waals surface area contributed by atoms with Gasteiger partial charge in [-0.2, -0.15) is 0 Å². The Bertz CT molecular complexity index is 1470. The molecule has 8 nitrogen and oxygen atoms in total. The number of nitrogens with one attached hydrogen (secondary N) is 1. The first-order valence-corrected chi connectivity index (χ1v) is 16.9. The molecule has 0 saturated carbocycles. The molecule has 11 heteroatoms. The van der Waals surface area contributed by atoms with Gasteiger partial charge in [-0.15, -0.1) is 0 Å². The van der Waals surface area contributed by atoms with Gasteiger partial charge in [0.15, 0.2) is 0 Å². The topological polar surface area (TPSA) is 96.0 Å². The second-order valence-electron chi connectivity index (χ2n) is 10.1. The van der Waals surface area contributed by atoms with Crippen LogP contribution >= 0.6 is 23.2 Å². The van der Waals surface area contributed by atoms with Crippen LogP contribution in [-0.2, 0) is 32.6 Å². The van der Waals surface area contributed by atoms with Gasteiger partial charge in [-0.05, 0) is 55.2 Å². The van der Waals surface area contributed by atoms with E-state index in [1.807, 2.05) is 44.2 Å². The number of halogens is 2. The van der Waals surface area contributed by atoms with Crippen molar-refractivity contribution in [3.05, 3.63) is 94.0 Å². The summed E-state index contributed by atoms with van der Waals surface area (Å²) in [5.74, 6) is -0.105. The van der Waals surface area contributed by atoms with E-state index in [1.165, 1.54) is 4.31 Å². The highest BCUT2D eigenvalue weighted by atomic mass is 35.5. The van der Waals surface area contributed by atoms with Crippen molar-refractivity contribution >= 4 is 50.7 Å². The second-order valence-corrected chi connectivity index (χ2v) is 12.8. The SMILES string of the molecule is CCCNC(=O)[C@@H](Cc1ccccc1)N(Cc1ccc(Cl)c(Cl)c1)C(=O)CCCN(c1ccccc1OCC)S(C)(=O)=O. The molecule has 3 rings (SSSR count). The van der Waals surface area contributed by atoms with Crippen LogP contribution < -0.4 is 14.4 Å². The highest BCUT2D eigenvalue weighted by Crippen LogP contribution is 2.30. The van der Waals surface area contributed by atoms with Crippen LogP contribution in [0.4, 0.5) is 5.69 Å². The monoisotopic (exact) mass is 647 g/mol. The molecule has 2 amide bonds. The Labute approximate surface area is 265 Å². The zero-order valence-electron chi connectivity index (χ0n) is 24.8. The van der Waals surface area contributed by atoms with E-state index < -0.39 is 16.1 Å². The van der Waals surface area contributed by atoms with Gasteiger partial charge in [0.05, 0.1) is 28.6 Å². The first-order valence-electron chi connectivity index (χ1n) is 14.3. The predicted molar refractivity (Wildman–Crippen MR) is 173 cm³/mol. The molecule has 43 heavy (non-hydrogen) atoms. The van der Waals surface area contributed by atoms with E-state index in [0.29, 0.717) is 46.6 Å². The van der Waals surface area contributed by atoms with Crippen molar-refractivity contribution in [1.29, 1.82) is 0 Å². The fourth-order valence-corrected chi connectivity index (χ4v) is 5.97. The number of rotatable bonds is 16. The van der Waals surface area contributed by atoms with Crippen LogP contribution in [0.2, 0.25) is 10.0 Å². The Morgan fingerprint density at radius 3 is 2.28 bits per heavy atom. The molecular weight excluding hydrogens is 609 g/mol. The number of amides is 2. The van der Waals surface area contributed by atoms with Crippen molar-refractivity contribution in [3.8, 4) is 5.75 Å². The third-order valence-corrected chi connectivity index (χ3v) is 8.66. The van der Waals surface area contributed by atoms with E-state index in [9.17, 15) is 18.0 Å². The number of ether oxygens (including phenoxy) is 1. The number of carbonyl (C=O) groups excluding carboxylic acids is 2. The van der Waals surface area contributed by atoms with Crippen LogP contribution in [0.15, 0.2) is 72.8 Å². The molecular formula is C32H39Cl2N3O5S. The minimum Gasteiger partial charge on any atom is -0.492 e. The fraction of sp³-hybridized carbons (Fsp3) is 0.375. The number of benzene rings is 3. The van der Waals surface area contributed by atoms with Gasteiger partial charge in [0.25, 0.3) is 0 Å². The number of hydrogen-bond acceptors (Lipinski definition) is 5. The lowest BCUT2D eigenvalue weighted by atomic mass is 10.0. The van der Waals surface area contributed by atoms with Crippen LogP contribution in [0.5, 0.6) is 5.75 Å². The molecule has 0 spiro atoms. The fourth-order valence-electron chi connectivity index (χ4n) is 4.68. The lowest BCUT2D eigenvalue weighted by molar-refractivity contribution is -0.141. The van der Waals surface area contributed by atoms with E-state index in [1.54, 1.807) is 47.4 Å².